The molecule has 0 atom stereocenters. The molecule has 0 fully saturated rings. The van der Waals surface area contributed by atoms with Gasteiger partial charge in [0.2, 0.25) is 0 Å². The highest BCUT2D eigenvalue weighted by atomic mass is 32.2. The van der Waals surface area contributed by atoms with E-state index in [4.69, 9.17) is 4.74 Å². The third-order valence-electron chi connectivity index (χ3n) is 5.99. The van der Waals surface area contributed by atoms with Crippen LogP contribution in [0.2, 0.25) is 0 Å². The van der Waals surface area contributed by atoms with Crippen molar-refractivity contribution >= 4 is 23.5 Å². The molecular formula is C26H23FN2OS2. The molecule has 162 valence electrons. The molecule has 0 spiro atoms. The largest absolute Gasteiger partial charge is 0.493 e. The van der Waals surface area contributed by atoms with Crippen molar-refractivity contribution in [2.45, 2.75) is 10.5 Å². The third kappa shape index (κ3) is 3.71. The Morgan fingerprint density at radius 1 is 0.906 bits per heavy atom. The molecule has 0 radical (unpaired) electrons. The van der Waals surface area contributed by atoms with E-state index in [1.807, 2.05) is 47.8 Å². The number of ether oxygens (including phenoxy) is 1. The van der Waals surface area contributed by atoms with E-state index in [0.717, 1.165) is 52.4 Å². The van der Waals surface area contributed by atoms with Crippen molar-refractivity contribution in [1.82, 2.24) is 9.97 Å². The highest BCUT2D eigenvalue weighted by molar-refractivity contribution is 8.16. The van der Waals surface area contributed by atoms with E-state index < -0.39 is 0 Å². The second-order valence-electron chi connectivity index (χ2n) is 7.69. The summed E-state index contributed by atoms with van der Waals surface area (Å²) in [5, 5.41) is 0. The number of fused-ring (bicyclic) bond motifs is 1. The second kappa shape index (κ2) is 8.68. The summed E-state index contributed by atoms with van der Waals surface area (Å²) >= 11 is 3.75. The number of hydrogen-bond donors (Lipinski definition) is 1. The lowest BCUT2D eigenvalue weighted by Crippen LogP contribution is -2.26. The number of H-pyrrole nitrogens is 1. The molecule has 1 N–H and O–H groups in total. The maximum atomic E-state index is 13.6. The monoisotopic (exact) mass is 462 g/mol. The molecule has 1 aliphatic heterocycles. The molecule has 0 bridgehead atoms. The first-order valence-corrected chi connectivity index (χ1v) is 12.9. The normalized spacial score (nSPS) is 14.6. The van der Waals surface area contributed by atoms with E-state index in [9.17, 15) is 4.39 Å². The Hall–Kier alpha value is -2.70. The van der Waals surface area contributed by atoms with Gasteiger partial charge in [-0.3, -0.25) is 4.98 Å². The van der Waals surface area contributed by atoms with E-state index in [2.05, 4.69) is 46.7 Å². The maximum Gasteiger partial charge on any atom is 0.124 e. The zero-order chi connectivity index (χ0) is 22.1. The minimum Gasteiger partial charge on any atom is -0.493 e. The molecule has 3 heterocycles. The van der Waals surface area contributed by atoms with Crippen molar-refractivity contribution in [3.05, 3.63) is 84.4 Å². The number of rotatable bonds is 5. The SMILES string of the molecule is CSC1(SC)CCOc2ccc(-c3cc(-c4ccncc4)c(-c4ccc(F)cc4)[nH]3)cc21. The Morgan fingerprint density at radius 3 is 2.34 bits per heavy atom. The zero-order valence-electron chi connectivity index (χ0n) is 17.9. The number of hydrogen-bond acceptors (Lipinski definition) is 4. The quantitative estimate of drug-likeness (QED) is 0.318. The second-order valence-corrected chi connectivity index (χ2v) is 10.2. The predicted octanol–water partition coefficient (Wildman–Crippen LogP) is 7.21. The molecule has 2 aromatic heterocycles. The summed E-state index contributed by atoms with van der Waals surface area (Å²) in [6.07, 6.45) is 8.89. The summed E-state index contributed by atoms with van der Waals surface area (Å²) in [5.41, 5.74) is 7.36. The zero-order valence-corrected chi connectivity index (χ0v) is 19.5. The van der Waals surface area contributed by atoms with Crippen molar-refractivity contribution in [3.63, 3.8) is 0 Å². The minimum atomic E-state index is -0.244. The van der Waals surface area contributed by atoms with E-state index in [1.165, 1.54) is 17.7 Å². The molecule has 1 aliphatic rings. The number of halogens is 1. The van der Waals surface area contributed by atoms with Crippen LogP contribution < -0.4 is 4.74 Å². The van der Waals surface area contributed by atoms with Gasteiger partial charge in [-0.2, -0.15) is 0 Å². The average molecular weight is 463 g/mol. The average Bonchev–Trinajstić information content (AvgIpc) is 3.30. The first-order chi connectivity index (χ1) is 15.6. The summed E-state index contributed by atoms with van der Waals surface area (Å²) in [7, 11) is 0. The molecule has 0 amide bonds. The molecule has 0 saturated heterocycles. The van der Waals surface area contributed by atoms with Crippen LogP contribution in [0.3, 0.4) is 0 Å². The number of aromatic amines is 1. The van der Waals surface area contributed by atoms with Gasteiger partial charge in [-0.05, 0) is 89.9 Å². The number of aromatic nitrogens is 2. The Kier molecular flexibility index (Phi) is 5.74. The molecule has 3 nitrogen and oxygen atoms in total. The molecule has 0 aliphatic carbocycles. The van der Waals surface area contributed by atoms with Crippen molar-refractivity contribution < 1.29 is 9.13 Å². The Labute approximate surface area is 195 Å². The van der Waals surface area contributed by atoms with Crippen molar-refractivity contribution in [2.75, 3.05) is 19.1 Å². The van der Waals surface area contributed by atoms with Crippen LogP contribution >= 0.6 is 23.5 Å². The Bertz CT molecular complexity index is 1230. The summed E-state index contributed by atoms with van der Waals surface area (Å²) in [5.74, 6) is 0.717. The molecule has 4 aromatic rings. The molecule has 2 aromatic carbocycles. The Balaban J connectivity index is 1.66. The Morgan fingerprint density at radius 2 is 1.62 bits per heavy atom. The summed E-state index contributed by atoms with van der Waals surface area (Å²) in [6.45, 7) is 0.734. The lowest BCUT2D eigenvalue weighted by atomic mass is 9.99. The van der Waals surface area contributed by atoms with Crippen LogP contribution in [0.1, 0.15) is 12.0 Å². The fourth-order valence-electron chi connectivity index (χ4n) is 4.27. The van der Waals surface area contributed by atoms with Gasteiger partial charge in [0.1, 0.15) is 11.6 Å². The van der Waals surface area contributed by atoms with Gasteiger partial charge in [0.25, 0.3) is 0 Å². The molecule has 0 unspecified atom stereocenters. The fourth-order valence-corrected chi connectivity index (χ4v) is 6.27. The lowest BCUT2D eigenvalue weighted by Gasteiger charge is -2.36. The van der Waals surface area contributed by atoms with Crippen molar-refractivity contribution in [2.24, 2.45) is 0 Å². The smallest absolute Gasteiger partial charge is 0.124 e. The van der Waals surface area contributed by atoms with Crippen LogP contribution in [0.25, 0.3) is 33.6 Å². The van der Waals surface area contributed by atoms with Gasteiger partial charge in [0.05, 0.1) is 16.4 Å². The molecule has 5 rings (SSSR count). The van der Waals surface area contributed by atoms with Crippen molar-refractivity contribution in [3.8, 4) is 39.4 Å². The van der Waals surface area contributed by atoms with E-state index in [0.29, 0.717) is 0 Å². The third-order valence-corrected chi connectivity index (χ3v) is 9.16. The lowest BCUT2D eigenvalue weighted by molar-refractivity contribution is 0.280. The number of thioether (sulfide) groups is 2. The van der Waals surface area contributed by atoms with E-state index >= 15 is 0 Å². The predicted molar refractivity (Wildman–Crippen MR) is 134 cm³/mol. The summed E-state index contributed by atoms with van der Waals surface area (Å²) in [6, 6.07) is 19.2. The number of nitrogens with zero attached hydrogens (tertiary/aromatic N) is 1. The van der Waals surface area contributed by atoms with E-state index in [1.54, 1.807) is 12.4 Å². The van der Waals surface area contributed by atoms with Gasteiger partial charge < -0.3 is 9.72 Å². The van der Waals surface area contributed by atoms with Crippen LogP contribution in [0, 0.1) is 5.82 Å². The van der Waals surface area contributed by atoms with Gasteiger partial charge in [0, 0.05) is 35.6 Å². The topological polar surface area (TPSA) is 37.9 Å². The fraction of sp³-hybridized carbons (Fsp3) is 0.192. The van der Waals surface area contributed by atoms with Crippen LogP contribution in [0.5, 0.6) is 5.75 Å². The number of pyridine rings is 1. The van der Waals surface area contributed by atoms with Crippen molar-refractivity contribution in [1.29, 1.82) is 0 Å². The van der Waals surface area contributed by atoms with E-state index in [-0.39, 0.29) is 9.90 Å². The van der Waals surface area contributed by atoms with Crippen LogP contribution in [-0.2, 0) is 4.08 Å². The standard InChI is InChI=1S/C26H23FN2OS2/c1-31-26(32-2)11-14-30-24-8-5-19(15-22(24)26)23-16-21(17-9-12-28-13-10-17)25(29-23)18-3-6-20(27)7-4-18/h3-10,12-13,15-16,29H,11,14H2,1-2H3. The first-order valence-electron chi connectivity index (χ1n) is 10.4. The number of benzene rings is 2. The van der Waals surface area contributed by atoms with Crippen LogP contribution in [0.4, 0.5) is 4.39 Å². The highest BCUT2D eigenvalue weighted by Crippen LogP contribution is 2.53. The maximum absolute atomic E-state index is 13.6. The molecule has 6 heteroatoms. The minimum absolute atomic E-state index is 0.0100. The van der Waals surface area contributed by atoms with Crippen LogP contribution in [-0.4, -0.2) is 29.1 Å². The molecule has 32 heavy (non-hydrogen) atoms. The first kappa shape index (κ1) is 21.2. The highest BCUT2D eigenvalue weighted by Gasteiger charge is 2.36. The molecular weight excluding hydrogens is 439 g/mol. The van der Waals surface area contributed by atoms with Gasteiger partial charge >= 0.3 is 0 Å². The summed E-state index contributed by atoms with van der Waals surface area (Å²) < 4.78 is 19.5. The van der Waals surface area contributed by atoms with Gasteiger partial charge in [0.15, 0.2) is 0 Å². The van der Waals surface area contributed by atoms with Gasteiger partial charge in [-0.15, -0.1) is 23.5 Å². The molecule has 0 saturated carbocycles. The summed E-state index contributed by atoms with van der Waals surface area (Å²) in [4.78, 5) is 7.76. The van der Waals surface area contributed by atoms with Crippen LogP contribution in [0.15, 0.2) is 73.1 Å². The van der Waals surface area contributed by atoms with Gasteiger partial charge in [-0.25, -0.2) is 4.39 Å². The van der Waals surface area contributed by atoms with Gasteiger partial charge in [-0.1, -0.05) is 0 Å². The number of nitrogens with one attached hydrogen (secondary N) is 1.